The second kappa shape index (κ2) is 6.97. The molecule has 6 nitrogen and oxygen atoms in total. The zero-order valence-electron chi connectivity index (χ0n) is 8.52. The summed E-state index contributed by atoms with van der Waals surface area (Å²) >= 11 is 0. The van der Waals surface area contributed by atoms with Crippen molar-refractivity contribution in [1.29, 1.82) is 0 Å². The van der Waals surface area contributed by atoms with Crippen LogP contribution in [0.15, 0.2) is 12.4 Å². The largest absolute Gasteiger partial charge is 0.394 e. The van der Waals surface area contributed by atoms with Crippen LogP contribution in [-0.2, 0) is 4.74 Å². The summed E-state index contributed by atoms with van der Waals surface area (Å²) in [4.78, 5) is 7.77. The second-order valence-electron chi connectivity index (χ2n) is 2.94. The van der Waals surface area contributed by atoms with Crippen LogP contribution in [0.2, 0.25) is 0 Å². The highest BCUT2D eigenvalue weighted by atomic mass is 16.5. The highest BCUT2D eigenvalue weighted by Crippen LogP contribution is 2.04. The molecule has 0 saturated carbocycles. The molecule has 1 aromatic heterocycles. The molecule has 0 aliphatic carbocycles. The number of aliphatic hydroxyl groups excluding tert-OH is 1. The molecule has 0 aliphatic heterocycles. The van der Waals surface area contributed by atoms with Crippen LogP contribution < -0.4 is 11.1 Å². The number of nitrogens with two attached hydrogens (primary N) is 1. The van der Waals surface area contributed by atoms with E-state index in [-0.39, 0.29) is 6.61 Å². The van der Waals surface area contributed by atoms with E-state index < -0.39 is 0 Å². The van der Waals surface area contributed by atoms with E-state index in [4.69, 9.17) is 15.6 Å². The Labute approximate surface area is 88.5 Å². The van der Waals surface area contributed by atoms with Crippen molar-refractivity contribution in [3.63, 3.8) is 0 Å². The van der Waals surface area contributed by atoms with E-state index in [9.17, 15) is 0 Å². The average molecular weight is 212 g/mol. The third kappa shape index (κ3) is 5.14. The van der Waals surface area contributed by atoms with Gasteiger partial charge in [0.05, 0.1) is 13.2 Å². The topological polar surface area (TPSA) is 93.3 Å². The minimum Gasteiger partial charge on any atom is -0.394 e. The van der Waals surface area contributed by atoms with Gasteiger partial charge in [-0.2, -0.15) is 0 Å². The Morgan fingerprint density at radius 2 is 2.27 bits per heavy atom. The minimum absolute atomic E-state index is 0.0653. The number of nitrogen functional groups attached to an aromatic ring is 1. The first-order valence-electron chi connectivity index (χ1n) is 4.83. The van der Waals surface area contributed by atoms with Gasteiger partial charge in [0.25, 0.3) is 0 Å². The molecule has 0 radical (unpaired) electrons. The zero-order valence-corrected chi connectivity index (χ0v) is 8.52. The second-order valence-corrected chi connectivity index (χ2v) is 2.94. The van der Waals surface area contributed by atoms with Crippen molar-refractivity contribution >= 4 is 11.6 Å². The van der Waals surface area contributed by atoms with Gasteiger partial charge in [-0.15, -0.1) is 0 Å². The van der Waals surface area contributed by atoms with Crippen molar-refractivity contribution in [1.82, 2.24) is 9.97 Å². The van der Waals surface area contributed by atoms with Crippen LogP contribution in [0.4, 0.5) is 11.6 Å². The molecular formula is C9H16N4O2. The lowest BCUT2D eigenvalue weighted by molar-refractivity contribution is 0.0922. The van der Waals surface area contributed by atoms with Crippen molar-refractivity contribution in [2.24, 2.45) is 0 Å². The van der Waals surface area contributed by atoms with Crippen molar-refractivity contribution < 1.29 is 9.84 Å². The predicted octanol–water partition coefficient (Wildman–Crippen LogP) is -0.130. The van der Waals surface area contributed by atoms with E-state index in [2.05, 4.69) is 15.3 Å². The van der Waals surface area contributed by atoms with Gasteiger partial charge >= 0.3 is 0 Å². The first-order valence-corrected chi connectivity index (χ1v) is 4.83. The molecule has 4 N–H and O–H groups in total. The fourth-order valence-corrected chi connectivity index (χ4v) is 1.03. The SMILES string of the molecule is Nc1cc(NCCCOCCO)ncn1. The molecule has 84 valence electrons. The lowest BCUT2D eigenvalue weighted by Gasteiger charge is -2.05. The molecule has 0 fully saturated rings. The molecular weight excluding hydrogens is 196 g/mol. The summed E-state index contributed by atoms with van der Waals surface area (Å²) in [5.74, 6) is 1.16. The molecule has 0 saturated heterocycles. The number of rotatable bonds is 7. The number of aliphatic hydroxyl groups is 1. The molecule has 6 heteroatoms. The lowest BCUT2D eigenvalue weighted by atomic mass is 10.4. The van der Waals surface area contributed by atoms with E-state index in [1.165, 1.54) is 6.33 Å². The number of hydrogen-bond donors (Lipinski definition) is 3. The number of nitrogens with zero attached hydrogens (tertiary/aromatic N) is 2. The van der Waals surface area contributed by atoms with Gasteiger partial charge in [0, 0.05) is 19.2 Å². The number of nitrogens with one attached hydrogen (secondary N) is 1. The van der Waals surface area contributed by atoms with Crippen LogP contribution in [0.5, 0.6) is 0 Å². The van der Waals surface area contributed by atoms with Crippen LogP contribution in [-0.4, -0.2) is 41.4 Å². The van der Waals surface area contributed by atoms with Crippen LogP contribution in [0.25, 0.3) is 0 Å². The number of ether oxygens (including phenoxy) is 1. The summed E-state index contributed by atoms with van der Waals surface area (Å²) in [6, 6.07) is 1.68. The first kappa shape index (κ1) is 11.7. The van der Waals surface area contributed by atoms with E-state index in [1.807, 2.05) is 0 Å². The maximum atomic E-state index is 8.46. The van der Waals surface area contributed by atoms with Gasteiger partial charge in [-0.25, -0.2) is 9.97 Å². The van der Waals surface area contributed by atoms with Crippen molar-refractivity contribution in [3.05, 3.63) is 12.4 Å². The van der Waals surface area contributed by atoms with Crippen LogP contribution in [0, 0.1) is 0 Å². The van der Waals surface area contributed by atoms with Gasteiger partial charge in [-0.1, -0.05) is 0 Å². The highest BCUT2D eigenvalue weighted by molar-refractivity contribution is 5.42. The number of anilines is 2. The van der Waals surface area contributed by atoms with E-state index in [0.717, 1.165) is 13.0 Å². The molecule has 1 aromatic rings. The minimum atomic E-state index is 0.0653. The van der Waals surface area contributed by atoms with Crippen molar-refractivity contribution in [3.8, 4) is 0 Å². The van der Waals surface area contributed by atoms with Crippen molar-refractivity contribution in [2.75, 3.05) is 37.4 Å². The fourth-order valence-electron chi connectivity index (χ4n) is 1.03. The van der Waals surface area contributed by atoms with Crippen LogP contribution >= 0.6 is 0 Å². The maximum absolute atomic E-state index is 8.46. The van der Waals surface area contributed by atoms with Crippen molar-refractivity contribution in [2.45, 2.75) is 6.42 Å². The average Bonchev–Trinajstić information content (AvgIpc) is 2.23. The Bertz CT molecular complexity index is 283. The monoisotopic (exact) mass is 212 g/mol. The summed E-state index contributed by atoms with van der Waals surface area (Å²) in [6.45, 7) is 1.83. The molecule has 0 aliphatic rings. The summed E-state index contributed by atoms with van der Waals surface area (Å²) in [5.41, 5.74) is 5.48. The van der Waals surface area contributed by atoms with Gasteiger partial charge in [-0.05, 0) is 6.42 Å². The van der Waals surface area contributed by atoms with Gasteiger partial charge in [-0.3, -0.25) is 0 Å². The fraction of sp³-hybridized carbons (Fsp3) is 0.556. The Kier molecular flexibility index (Phi) is 5.42. The maximum Gasteiger partial charge on any atom is 0.131 e. The van der Waals surface area contributed by atoms with E-state index in [1.54, 1.807) is 6.07 Å². The zero-order chi connectivity index (χ0) is 10.9. The Morgan fingerprint density at radius 3 is 3.00 bits per heavy atom. The van der Waals surface area contributed by atoms with Gasteiger partial charge in [0.2, 0.25) is 0 Å². The molecule has 1 heterocycles. The lowest BCUT2D eigenvalue weighted by Crippen LogP contribution is -2.08. The molecule has 0 spiro atoms. The summed E-state index contributed by atoms with van der Waals surface area (Å²) in [7, 11) is 0. The Balaban J connectivity index is 2.10. The third-order valence-corrected chi connectivity index (χ3v) is 1.70. The summed E-state index contributed by atoms with van der Waals surface area (Å²) < 4.78 is 5.10. The smallest absolute Gasteiger partial charge is 0.131 e. The number of hydrogen-bond acceptors (Lipinski definition) is 6. The molecule has 0 amide bonds. The standard InChI is InChI=1S/C9H16N4O2/c10-8-6-9(13-7-12-8)11-2-1-4-15-5-3-14/h6-7,14H,1-5H2,(H3,10,11,12,13). The number of aromatic nitrogens is 2. The van der Waals surface area contributed by atoms with Crippen LogP contribution in [0.1, 0.15) is 6.42 Å². The van der Waals surface area contributed by atoms with E-state index >= 15 is 0 Å². The summed E-state index contributed by atoms with van der Waals surface area (Å²) in [5, 5.41) is 11.5. The van der Waals surface area contributed by atoms with Gasteiger partial charge < -0.3 is 20.9 Å². The molecule has 0 aromatic carbocycles. The van der Waals surface area contributed by atoms with Gasteiger partial charge in [0.15, 0.2) is 0 Å². The Hall–Kier alpha value is -1.40. The molecule has 15 heavy (non-hydrogen) atoms. The Morgan fingerprint density at radius 1 is 1.40 bits per heavy atom. The predicted molar refractivity (Wildman–Crippen MR) is 57.5 cm³/mol. The molecule has 0 unspecified atom stereocenters. The first-order chi connectivity index (χ1) is 7.33. The van der Waals surface area contributed by atoms with E-state index in [0.29, 0.717) is 24.8 Å². The highest BCUT2D eigenvalue weighted by Gasteiger charge is 1.94. The molecule has 0 bridgehead atoms. The summed E-state index contributed by atoms with van der Waals surface area (Å²) in [6.07, 6.45) is 2.27. The van der Waals surface area contributed by atoms with Gasteiger partial charge in [0.1, 0.15) is 18.0 Å². The van der Waals surface area contributed by atoms with Crippen LogP contribution in [0.3, 0.4) is 0 Å². The molecule has 1 rings (SSSR count). The quantitative estimate of drug-likeness (QED) is 0.545. The normalized spacial score (nSPS) is 10.2. The third-order valence-electron chi connectivity index (χ3n) is 1.70. The molecule has 0 atom stereocenters.